The monoisotopic (exact) mass is 418 g/mol. The minimum atomic E-state index is -0.105. The number of nitrogens with two attached hydrogens (primary N) is 1. The summed E-state index contributed by atoms with van der Waals surface area (Å²) >= 11 is 3.40. The summed E-state index contributed by atoms with van der Waals surface area (Å²) in [6.45, 7) is 2.72. The number of halogens is 1. The molecule has 2 aromatic rings. The highest BCUT2D eigenvalue weighted by Crippen LogP contribution is 2.20. The highest BCUT2D eigenvalue weighted by Gasteiger charge is 2.06. The van der Waals surface area contributed by atoms with Crippen LogP contribution in [0.3, 0.4) is 0 Å². The molecule has 0 aliphatic heterocycles. The first-order valence-corrected chi connectivity index (χ1v) is 8.98. The van der Waals surface area contributed by atoms with Crippen molar-refractivity contribution >= 4 is 39.2 Å². The molecule has 26 heavy (non-hydrogen) atoms. The van der Waals surface area contributed by atoms with E-state index in [1.807, 2.05) is 49.4 Å². The van der Waals surface area contributed by atoms with Gasteiger partial charge in [0.15, 0.2) is 5.96 Å². The zero-order valence-electron chi connectivity index (χ0n) is 14.9. The number of hydrogen-bond acceptors (Lipinski definition) is 3. The molecule has 138 valence electrons. The van der Waals surface area contributed by atoms with Crippen molar-refractivity contribution in [2.24, 2.45) is 10.7 Å². The van der Waals surface area contributed by atoms with Gasteiger partial charge < -0.3 is 21.1 Å². The summed E-state index contributed by atoms with van der Waals surface area (Å²) in [6.07, 6.45) is 0.248. The number of nitrogens with zero attached hydrogens (tertiary/aromatic N) is 1. The van der Waals surface area contributed by atoms with Crippen molar-refractivity contribution in [3.63, 3.8) is 0 Å². The number of anilines is 2. The number of hydrogen-bond donors (Lipinski definition) is 3. The second-order valence-electron chi connectivity index (χ2n) is 5.74. The highest BCUT2D eigenvalue weighted by atomic mass is 79.9. The van der Waals surface area contributed by atoms with E-state index in [0.29, 0.717) is 13.2 Å². The van der Waals surface area contributed by atoms with Gasteiger partial charge in [-0.1, -0.05) is 34.1 Å². The number of benzene rings is 2. The van der Waals surface area contributed by atoms with Crippen molar-refractivity contribution in [1.29, 1.82) is 0 Å². The predicted molar refractivity (Wildman–Crippen MR) is 109 cm³/mol. The highest BCUT2D eigenvalue weighted by molar-refractivity contribution is 9.10. The summed E-state index contributed by atoms with van der Waals surface area (Å²) in [5.74, 6) is 0.160. The lowest BCUT2D eigenvalue weighted by Crippen LogP contribution is -2.24. The first kappa shape index (κ1) is 19.9. The number of amides is 1. The average molecular weight is 419 g/mol. The van der Waals surface area contributed by atoms with Crippen molar-refractivity contribution in [3.8, 4) is 0 Å². The molecule has 0 fully saturated rings. The number of nitrogens with one attached hydrogen (secondary N) is 2. The van der Waals surface area contributed by atoms with Crippen LogP contribution in [0.5, 0.6) is 0 Å². The quantitative estimate of drug-likeness (QED) is 0.472. The van der Waals surface area contributed by atoms with Gasteiger partial charge in [-0.15, -0.1) is 0 Å². The fourth-order valence-electron chi connectivity index (χ4n) is 2.36. The van der Waals surface area contributed by atoms with Crippen LogP contribution in [0.2, 0.25) is 0 Å². The summed E-state index contributed by atoms with van der Waals surface area (Å²) in [5.41, 5.74) is 9.52. The van der Waals surface area contributed by atoms with E-state index in [2.05, 4.69) is 31.6 Å². The molecule has 0 heterocycles. The predicted octanol–water partition coefficient (Wildman–Crippen LogP) is 3.66. The van der Waals surface area contributed by atoms with Crippen LogP contribution in [0.15, 0.2) is 51.9 Å². The lowest BCUT2D eigenvalue weighted by molar-refractivity contribution is -0.116. The number of carbonyl (C=O) groups is 1. The number of guanidine groups is 1. The van der Waals surface area contributed by atoms with Crippen LogP contribution in [0.1, 0.15) is 17.5 Å². The SMILES string of the molecule is COCc1ccccc1NC(N)=NCCC(=O)Nc1ccc(Br)cc1C. The van der Waals surface area contributed by atoms with E-state index in [4.69, 9.17) is 10.5 Å². The number of aliphatic imine (C=N–C) groups is 1. The van der Waals surface area contributed by atoms with Gasteiger partial charge in [-0.2, -0.15) is 0 Å². The Balaban J connectivity index is 1.86. The van der Waals surface area contributed by atoms with Crippen molar-refractivity contribution in [1.82, 2.24) is 0 Å². The fraction of sp³-hybridized carbons (Fsp3) is 0.263. The average Bonchev–Trinajstić information content (AvgIpc) is 2.59. The van der Waals surface area contributed by atoms with Crippen LogP contribution >= 0.6 is 15.9 Å². The second kappa shape index (κ2) is 9.94. The standard InChI is InChI=1S/C19H23BrN4O2/c1-13-11-15(20)7-8-16(13)23-18(25)9-10-22-19(21)24-17-6-4-3-5-14(17)12-26-2/h3-8,11H,9-10,12H2,1-2H3,(H,23,25)(H3,21,22,24). The van der Waals surface area contributed by atoms with Gasteiger partial charge in [-0.3, -0.25) is 9.79 Å². The van der Waals surface area contributed by atoms with Gasteiger partial charge in [0.25, 0.3) is 0 Å². The van der Waals surface area contributed by atoms with Gasteiger partial charge in [0.05, 0.1) is 13.2 Å². The van der Waals surface area contributed by atoms with Crippen LogP contribution < -0.4 is 16.4 Å². The molecular formula is C19H23BrN4O2. The zero-order valence-corrected chi connectivity index (χ0v) is 16.5. The molecule has 1 amide bonds. The van der Waals surface area contributed by atoms with E-state index >= 15 is 0 Å². The molecule has 0 bridgehead atoms. The summed E-state index contributed by atoms with van der Waals surface area (Å²) in [7, 11) is 1.64. The molecule has 0 aromatic heterocycles. The van der Waals surface area contributed by atoms with E-state index in [1.165, 1.54) is 0 Å². The first-order valence-electron chi connectivity index (χ1n) is 8.19. The lowest BCUT2D eigenvalue weighted by atomic mass is 10.2. The normalized spacial score (nSPS) is 11.3. The lowest BCUT2D eigenvalue weighted by Gasteiger charge is -2.11. The Hall–Kier alpha value is -2.38. The van der Waals surface area contributed by atoms with Gasteiger partial charge in [-0.05, 0) is 36.8 Å². The van der Waals surface area contributed by atoms with Crippen LogP contribution in [0.25, 0.3) is 0 Å². The van der Waals surface area contributed by atoms with E-state index < -0.39 is 0 Å². The Morgan fingerprint density at radius 3 is 2.69 bits per heavy atom. The topological polar surface area (TPSA) is 88.7 Å². The molecule has 0 spiro atoms. The molecule has 4 N–H and O–H groups in total. The Morgan fingerprint density at radius 1 is 1.19 bits per heavy atom. The summed E-state index contributed by atoms with van der Waals surface area (Å²) in [5, 5.41) is 5.92. The van der Waals surface area contributed by atoms with Gasteiger partial charge in [0, 0.05) is 34.9 Å². The van der Waals surface area contributed by atoms with Gasteiger partial charge in [0.1, 0.15) is 0 Å². The van der Waals surface area contributed by atoms with E-state index in [-0.39, 0.29) is 18.3 Å². The molecule has 0 aliphatic rings. The van der Waals surface area contributed by atoms with Crippen LogP contribution in [0.4, 0.5) is 11.4 Å². The molecular weight excluding hydrogens is 396 g/mol. The van der Waals surface area contributed by atoms with Crippen molar-refractivity contribution < 1.29 is 9.53 Å². The Labute approximate surface area is 162 Å². The maximum atomic E-state index is 12.1. The van der Waals surface area contributed by atoms with E-state index in [1.54, 1.807) is 7.11 Å². The number of ether oxygens (including phenoxy) is 1. The van der Waals surface area contributed by atoms with Crippen LogP contribution in [-0.2, 0) is 16.1 Å². The van der Waals surface area contributed by atoms with Crippen molar-refractivity contribution in [3.05, 3.63) is 58.1 Å². The zero-order chi connectivity index (χ0) is 18.9. The largest absolute Gasteiger partial charge is 0.380 e. The minimum Gasteiger partial charge on any atom is -0.380 e. The summed E-state index contributed by atoms with van der Waals surface area (Å²) < 4.78 is 6.14. The molecule has 0 saturated carbocycles. The Bertz CT molecular complexity index is 793. The second-order valence-corrected chi connectivity index (χ2v) is 6.66. The minimum absolute atomic E-state index is 0.105. The molecule has 0 atom stereocenters. The molecule has 0 radical (unpaired) electrons. The van der Waals surface area contributed by atoms with Gasteiger partial charge >= 0.3 is 0 Å². The number of para-hydroxylation sites is 1. The molecule has 0 aliphatic carbocycles. The maximum Gasteiger partial charge on any atom is 0.226 e. The third-order valence-electron chi connectivity index (χ3n) is 3.66. The summed E-state index contributed by atoms with van der Waals surface area (Å²) in [6, 6.07) is 13.4. The summed E-state index contributed by atoms with van der Waals surface area (Å²) in [4.78, 5) is 16.3. The Morgan fingerprint density at radius 2 is 1.96 bits per heavy atom. The molecule has 0 unspecified atom stereocenters. The van der Waals surface area contributed by atoms with Gasteiger partial charge in [-0.25, -0.2) is 0 Å². The molecule has 0 saturated heterocycles. The van der Waals surface area contributed by atoms with Crippen LogP contribution in [-0.4, -0.2) is 25.5 Å². The van der Waals surface area contributed by atoms with Gasteiger partial charge in [0.2, 0.25) is 5.91 Å². The third-order valence-corrected chi connectivity index (χ3v) is 4.16. The van der Waals surface area contributed by atoms with Crippen molar-refractivity contribution in [2.75, 3.05) is 24.3 Å². The van der Waals surface area contributed by atoms with Crippen LogP contribution in [0, 0.1) is 6.92 Å². The number of rotatable bonds is 7. The van der Waals surface area contributed by atoms with E-state index in [0.717, 1.165) is 27.0 Å². The number of aryl methyl sites for hydroxylation is 1. The first-order chi connectivity index (χ1) is 12.5. The van der Waals surface area contributed by atoms with E-state index in [9.17, 15) is 4.79 Å². The third kappa shape index (κ3) is 6.16. The molecule has 2 rings (SSSR count). The number of carbonyl (C=O) groups excluding carboxylic acids is 1. The smallest absolute Gasteiger partial charge is 0.226 e. The molecule has 6 nitrogen and oxygen atoms in total. The molecule has 7 heteroatoms. The number of methoxy groups -OCH3 is 1. The molecule has 2 aromatic carbocycles. The van der Waals surface area contributed by atoms with Crippen molar-refractivity contribution in [2.45, 2.75) is 20.0 Å². The fourth-order valence-corrected chi connectivity index (χ4v) is 2.83. The maximum absolute atomic E-state index is 12.1. The Kier molecular flexibility index (Phi) is 7.62.